The van der Waals surface area contributed by atoms with Crippen LogP contribution < -0.4 is 5.32 Å². The predicted molar refractivity (Wildman–Crippen MR) is 138 cm³/mol. The molecule has 0 saturated carbocycles. The van der Waals surface area contributed by atoms with E-state index < -0.39 is 29.8 Å². The summed E-state index contributed by atoms with van der Waals surface area (Å²) in [6, 6.07) is 19.2. The fourth-order valence-electron chi connectivity index (χ4n) is 4.69. The van der Waals surface area contributed by atoms with Crippen molar-refractivity contribution in [1.29, 1.82) is 0 Å². The van der Waals surface area contributed by atoms with Gasteiger partial charge in [-0.15, -0.1) is 0 Å². The topological polar surface area (TPSA) is 86.8 Å². The first-order valence-electron chi connectivity index (χ1n) is 12.0. The van der Waals surface area contributed by atoms with Crippen molar-refractivity contribution in [1.82, 2.24) is 9.80 Å². The summed E-state index contributed by atoms with van der Waals surface area (Å²) in [5, 5.41) is 3.01. The van der Waals surface area contributed by atoms with Crippen molar-refractivity contribution in [3.8, 4) is 0 Å². The highest BCUT2D eigenvalue weighted by Crippen LogP contribution is 2.29. The van der Waals surface area contributed by atoms with Crippen molar-refractivity contribution in [2.75, 3.05) is 11.9 Å². The fourth-order valence-corrected chi connectivity index (χ4v) is 4.69. The van der Waals surface area contributed by atoms with Gasteiger partial charge in [0.05, 0.1) is 11.1 Å². The van der Waals surface area contributed by atoms with Gasteiger partial charge in [0.25, 0.3) is 17.7 Å². The van der Waals surface area contributed by atoms with Gasteiger partial charge in [0.2, 0.25) is 5.91 Å². The van der Waals surface area contributed by atoms with Gasteiger partial charge in [0.1, 0.15) is 12.1 Å². The van der Waals surface area contributed by atoms with Crippen LogP contribution in [0.5, 0.6) is 0 Å². The number of carbonyl (C=O) groups is 4. The molecular weight excluding hydrogens is 454 g/mol. The molecule has 0 bridgehead atoms. The Hall–Kier alpha value is -4.26. The third-order valence-corrected chi connectivity index (χ3v) is 6.60. The Morgan fingerprint density at radius 2 is 1.36 bits per heavy atom. The summed E-state index contributed by atoms with van der Waals surface area (Å²) in [7, 11) is 0. The van der Waals surface area contributed by atoms with Gasteiger partial charge in [-0.25, -0.2) is 0 Å². The molecule has 1 aliphatic rings. The molecule has 0 fully saturated rings. The van der Waals surface area contributed by atoms with Crippen LogP contribution in [0.15, 0.2) is 72.8 Å². The number of anilines is 1. The number of nitrogens with zero attached hydrogens (tertiary/aromatic N) is 2. The highest BCUT2D eigenvalue weighted by molar-refractivity contribution is 6.22. The number of hydrogen-bond donors (Lipinski definition) is 1. The quantitative estimate of drug-likeness (QED) is 0.501. The maximum Gasteiger partial charge on any atom is 0.262 e. The van der Waals surface area contributed by atoms with Gasteiger partial charge in [-0.05, 0) is 56.5 Å². The molecule has 3 aromatic rings. The van der Waals surface area contributed by atoms with Crippen LogP contribution in [0.1, 0.15) is 57.3 Å². The van der Waals surface area contributed by atoms with Crippen LogP contribution in [0.25, 0.3) is 0 Å². The van der Waals surface area contributed by atoms with Crippen molar-refractivity contribution >= 4 is 29.3 Å². The number of rotatable bonds is 7. The molecule has 1 heterocycles. The molecule has 2 atom stereocenters. The van der Waals surface area contributed by atoms with E-state index in [4.69, 9.17) is 0 Å². The van der Waals surface area contributed by atoms with E-state index in [2.05, 4.69) is 5.32 Å². The van der Waals surface area contributed by atoms with Gasteiger partial charge in [-0.2, -0.15) is 0 Å². The largest absolute Gasteiger partial charge is 0.325 e. The van der Waals surface area contributed by atoms with Gasteiger partial charge in [-0.1, -0.05) is 60.7 Å². The van der Waals surface area contributed by atoms with E-state index in [0.29, 0.717) is 11.3 Å². The lowest BCUT2D eigenvalue weighted by molar-refractivity contribution is -0.141. The first-order chi connectivity index (χ1) is 17.3. The number of carbonyl (C=O) groups excluding carboxylic acids is 4. The number of aryl methyl sites for hydroxylation is 2. The van der Waals surface area contributed by atoms with Gasteiger partial charge in [0, 0.05) is 12.2 Å². The fraction of sp³-hybridized carbons (Fsp3) is 0.241. The molecule has 0 saturated heterocycles. The summed E-state index contributed by atoms with van der Waals surface area (Å²) in [5.41, 5.74) is 3.69. The summed E-state index contributed by atoms with van der Waals surface area (Å²) in [6.07, 6.45) is 0. The number of benzene rings is 3. The lowest BCUT2D eigenvalue weighted by Gasteiger charge is -2.34. The van der Waals surface area contributed by atoms with Crippen LogP contribution in [0, 0.1) is 13.8 Å². The molecule has 0 aliphatic carbocycles. The van der Waals surface area contributed by atoms with E-state index in [1.807, 2.05) is 38.1 Å². The average molecular weight is 484 g/mol. The molecule has 36 heavy (non-hydrogen) atoms. The Labute approximate surface area is 210 Å². The van der Waals surface area contributed by atoms with Crippen LogP contribution in [0.3, 0.4) is 0 Å². The third kappa shape index (κ3) is 4.40. The van der Waals surface area contributed by atoms with E-state index >= 15 is 0 Å². The van der Waals surface area contributed by atoms with E-state index in [9.17, 15) is 19.2 Å². The number of imide groups is 1. The minimum Gasteiger partial charge on any atom is -0.325 e. The Morgan fingerprint density at radius 1 is 0.833 bits per heavy atom. The van der Waals surface area contributed by atoms with Gasteiger partial charge < -0.3 is 10.2 Å². The molecule has 7 heteroatoms. The maximum atomic E-state index is 13.8. The molecule has 184 valence electrons. The molecule has 1 N–H and O–H groups in total. The Kier molecular flexibility index (Phi) is 7.01. The maximum absolute atomic E-state index is 13.8. The monoisotopic (exact) mass is 483 g/mol. The third-order valence-electron chi connectivity index (χ3n) is 6.60. The molecule has 7 nitrogen and oxygen atoms in total. The minimum atomic E-state index is -1.09. The van der Waals surface area contributed by atoms with Crippen molar-refractivity contribution in [3.05, 3.63) is 101 Å². The van der Waals surface area contributed by atoms with Gasteiger partial charge >= 0.3 is 0 Å². The molecule has 1 aliphatic heterocycles. The zero-order chi connectivity index (χ0) is 26.0. The summed E-state index contributed by atoms with van der Waals surface area (Å²) in [5.74, 6) is -1.88. The summed E-state index contributed by atoms with van der Waals surface area (Å²) in [4.78, 5) is 56.0. The number of likely N-dealkylation sites (N-methyl/N-ethyl adjacent to an activating group) is 1. The SMILES string of the molecule is CCN(C(=O)[C@H](C)N1C(=O)c2ccccc2C1=O)[C@H](C(=O)Nc1c(C)cccc1C)c1ccccc1. The lowest BCUT2D eigenvalue weighted by Crippen LogP contribution is -2.52. The molecule has 4 amide bonds. The number of nitrogens with one attached hydrogen (secondary N) is 1. The standard InChI is InChI=1S/C29H29N3O4/c1-5-31(27(34)20(4)32-28(35)22-16-9-10-17-23(22)29(32)36)25(21-14-7-6-8-15-21)26(33)30-24-18(2)12-11-13-19(24)3/h6-17,20,25H,5H2,1-4H3,(H,30,33)/t20-,25-/m0/s1. The van der Waals surface area contributed by atoms with Crippen molar-refractivity contribution in [2.45, 2.75) is 39.8 Å². The van der Waals surface area contributed by atoms with E-state index in [-0.39, 0.29) is 23.6 Å². The van der Waals surface area contributed by atoms with Gasteiger partial charge in [0.15, 0.2) is 0 Å². The van der Waals surface area contributed by atoms with Crippen LogP contribution in [-0.2, 0) is 9.59 Å². The van der Waals surface area contributed by atoms with Crippen LogP contribution >= 0.6 is 0 Å². The van der Waals surface area contributed by atoms with Crippen LogP contribution in [-0.4, -0.2) is 46.0 Å². The highest BCUT2D eigenvalue weighted by Gasteiger charge is 2.43. The lowest BCUT2D eigenvalue weighted by atomic mass is 10.0. The minimum absolute atomic E-state index is 0.200. The number of amides is 4. The Morgan fingerprint density at radius 3 is 1.89 bits per heavy atom. The van der Waals surface area contributed by atoms with Crippen molar-refractivity contribution < 1.29 is 19.2 Å². The Bertz CT molecular complexity index is 1280. The summed E-state index contributed by atoms with van der Waals surface area (Å²) in [6.45, 7) is 7.32. The molecule has 3 aromatic carbocycles. The number of hydrogen-bond acceptors (Lipinski definition) is 4. The first-order valence-corrected chi connectivity index (χ1v) is 12.0. The van der Waals surface area contributed by atoms with E-state index in [1.54, 1.807) is 55.5 Å². The second-order valence-corrected chi connectivity index (χ2v) is 8.90. The zero-order valence-corrected chi connectivity index (χ0v) is 20.8. The molecule has 0 aromatic heterocycles. The smallest absolute Gasteiger partial charge is 0.262 e. The van der Waals surface area contributed by atoms with E-state index in [0.717, 1.165) is 16.0 Å². The van der Waals surface area contributed by atoms with Crippen molar-refractivity contribution in [2.24, 2.45) is 0 Å². The summed E-state index contributed by atoms with van der Waals surface area (Å²) >= 11 is 0. The zero-order valence-electron chi connectivity index (χ0n) is 20.8. The summed E-state index contributed by atoms with van der Waals surface area (Å²) < 4.78 is 0. The molecule has 0 radical (unpaired) electrons. The van der Waals surface area contributed by atoms with E-state index in [1.165, 1.54) is 11.8 Å². The predicted octanol–water partition coefficient (Wildman–Crippen LogP) is 4.52. The number of para-hydroxylation sites is 1. The Balaban J connectivity index is 1.68. The van der Waals surface area contributed by atoms with Gasteiger partial charge in [-0.3, -0.25) is 24.1 Å². The first kappa shape index (κ1) is 24.9. The van der Waals surface area contributed by atoms with Crippen molar-refractivity contribution in [3.63, 3.8) is 0 Å². The number of fused-ring (bicyclic) bond motifs is 1. The van der Waals surface area contributed by atoms with Crippen LogP contribution in [0.4, 0.5) is 5.69 Å². The molecule has 4 rings (SSSR count). The highest BCUT2D eigenvalue weighted by atomic mass is 16.2. The molecule has 0 spiro atoms. The normalized spacial score (nSPS) is 14.3. The second-order valence-electron chi connectivity index (χ2n) is 8.90. The second kappa shape index (κ2) is 10.2. The molecule has 0 unspecified atom stereocenters. The van der Waals surface area contributed by atoms with Crippen LogP contribution in [0.2, 0.25) is 0 Å². The average Bonchev–Trinajstić information content (AvgIpc) is 3.14. The molecular formula is C29H29N3O4.